The molecular weight excluding hydrogens is 1740 g/mol. The molecule has 0 radical (unpaired) electrons. The third-order valence-corrected chi connectivity index (χ3v) is 17.8. The van der Waals surface area contributed by atoms with E-state index in [1.165, 1.54) is 55.4 Å². The summed E-state index contributed by atoms with van der Waals surface area (Å²) in [5.41, 5.74) is 6.96. The molecule has 0 saturated carbocycles. The van der Waals surface area contributed by atoms with E-state index < -0.39 is 29.4 Å². The Hall–Kier alpha value is -16.4. The van der Waals surface area contributed by atoms with Crippen LogP contribution in [0.3, 0.4) is 0 Å². The molecule has 0 bridgehead atoms. The quantitative estimate of drug-likeness (QED) is 0.0269. The minimum absolute atomic E-state index is 0.00795. The summed E-state index contributed by atoms with van der Waals surface area (Å²) >= 11 is 8.32. The zero-order valence-corrected chi connectivity index (χ0v) is 69.7. The van der Waals surface area contributed by atoms with Gasteiger partial charge in [0.25, 0.3) is 29.5 Å². The highest BCUT2D eigenvalue weighted by Gasteiger charge is 2.32. The first kappa shape index (κ1) is 90.3. The van der Waals surface area contributed by atoms with Gasteiger partial charge in [0.05, 0.1) is 59.9 Å². The second-order valence-corrected chi connectivity index (χ2v) is 28.4. The maximum atomic E-state index is 14.0. The van der Waals surface area contributed by atoms with Crippen molar-refractivity contribution in [1.29, 1.82) is 5.26 Å². The smallest absolute Gasteiger partial charge is 0.416 e. The van der Waals surface area contributed by atoms with Crippen LogP contribution in [0.2, 0.25) is 5.02 Å². The van der Waals surface area contributed by atoms with E-state index in [0.29, 0.717) is 113 Å². The Bertz CT molecular complexity index is 6350. The highest BCUT2D eigenvalue weighted by molar-refractivity contribution is 14.1. The Kier molecular flexibility index (Phi) is 32.1. The van der Waals surface area contributed by atoms with Crippen molar-refractivity contribution in [2.75, 3.05) is 26.6 Å². The minimum atomic E-state index is -4.61. The Morgan fingerprint density at radius 1 is 0.373 bits per heavy atom. The molecule has 5 N–H and O–H groups in total. The van der Waals surface area contributed by atoms with Gasteiger partial charge in [-0.2, -0.15) is 18.4 Å². The van der Waals surface area contributed by atoms with Crippen molar-refractivity contribution in [3.05, 3.63) is 410 Å². The van der Waals surface area contributed by atoms with Gasteiger partial charge in [-0.25, -0.2) is 14.4 Å². The van der Waals surface area contributed by atoms with Gasteiger partial charge in [0.1, 0.15) is 63.9 Å². The molecule has 5 amide bonds. The predicted octanol–water partition coefficient (Wildman–Crippen LogP) is 23.2. The van der Waals surface area contributed by atoms with Crippen molar-refractivity contribution in [2.45, 2.75) is 26.9 Å². The van der Waals surface area contributed by atoms with Crippen LogP contribution in [0.15, 0.2) is 329 Å². The lowest BCUT2D eigenvalue weighted by atomic mass is 10.1. The van der Waals surface area contributed by atoms with Gasteiger partial charge in [-0.15, -0.1) is 12.8 Å². The molecule has 0 aliphatic rings. The van der Waals surface area contributed by atoms with E-state index in [0.717, 1.165) is 26.8 Å². The predicted molar refractivity (Wildman–Crippen MR) is 481 cm³/mol. The molecule has 15 rings (SSSR count). The molecule has 126 heavy (non-hydrogen) atoms. The number of hydrogen-bond donors (Lipinski definition) is 5. The molecule has 624 valence electrons. The summed E-state index contributed by atoms with van der Waals surface area (Å²) in [5.74, 6) is 7.10. The molecule has 15 aromatic rings. The number of nitrogens with zero attached hydrogens (tertiary/aromatic N) is 7. The zero-order valence-electron chi connectivity index (χ0n) is 66.8. The lowest BCUT2D eigenvalue weighted by Crippen LogP contribution is -2.14. The monoisotopic (exact) mass is 1810 g/mol. The highest BCUT2D eigenvalue weighted by atomic mass is 127. The summed E-state index contributed by atoms with van der Waals surface area (Å²) in [5, 5.41) is 23.3. The summed E-state index contributed by atoms with van der Waals surface area (Å²) in [4.78, 5) is 85.4. The number of amides is 5. The molecule has 10 aromatic carbocycles. The number of ether oxygens (including phenoxy) is 5. The van der Waals surface area contributed by atoms with Crippen LogP contribution in [-0.2, 0) is 6.18 Å². The van der Waals surface area contributed by atoms with Crippen LogP contribution >= 0.6 is 34.2 Å². The van der Waals surface area contributed by atoms with E-state index in [2.05, 4.69) is 90.9 Å². The molecule has 0 atom stereocenters. The van der Waals surface area contributed by atoms with Gasteiger partial charge >= 0.3 is 6.18 Å². The molecule has 0 aliphatic heterocycles. The number of nitrogens with one attached hydrogen (secondary N) is 5. The molecule has 0 saturated heterocycles. The second kappa shape index (κ2) is 44.7. The van der Waals surface area contributed by atoms with Crippen LogP contribution in [0.25, 0.3) is 0 Å². The van der Waals surface area contributed by atoms with Gasteiger partial charge < -0.3 is 50.3 Å². The molecule has 28 heteroatoms. The number of halogens is 6. The maximum Gasteiger partial charge on any atom is 0.416 e. The van der Waals surface area contributed by atoms with Gasteiger partial charge in [-0.05, 0) is 225 Å². The van der Waals surface area contributed by atoms with Gasteiger partial charge in [0.15, 0.2) is 5.75 Å². The van der Waals surface area contributed by atoms with Crippen LogP contribution in [0.4, 0.5) is 46.0 Å². The van der Waals surface area contributed by atoms with Crippen molar-refractivity contribution in [3.8, 4) is 88.3 Å². The SMILES string of the molecule is C#Cc1cccc(C(=O)Nc2cc(C#N)cc(Oc3cncnc3)c2)c1.C#Cc1cccc(C(=O)Nc2cc(Oc3cccnc3)cc(C(F)(F)F)c2)c1.Cc1cccc(C(=O)Nc2cc(Cl)cc(Oc3cccnc3)c2)c1.Cc1cccc(C(=O)Nc2cc(I)cc(Oc3cccnc3)c2)c1.Cc1cccc(C(=O)Nc2cccc(Oc3cccnc3)c2)c1F. The largest absolute Gasteiger partial charge is 0.456 e. The van der Waals surface area contributed by atoms with E-state index >= 15 is 0 Å². The first-order valence-corrected chi connectivity index (χ1v) is 39.1. The number of nitriles is 1. The zero-order chi connectivity index (χ0) is 89.3. The van der Waals surface area contributed by atoms with Gasteiger partial charge in [-0.3, -0.25) is 43.9 Å². The standard InChI is InChI=1S/C21H13F3N2O2.C20H12N4O2.C19H15ClN2O2.C19H15FN2O2.C19H15IN2O2/c1-2-14-5-3-6-15(9-14)20(27)26-17-10-16(21(22,23)24)11-19(12-17)28-18-7-4-8-25-13-18;1-2-14-4-3-5-16(6-14)20(25)24-17-7-15(10-21)8-18(9-17)26-19-11-22-13-23-12-19;1-13-4-2-5-14(8-13)19(23)22-16-9-15(20)10-18(11-16)24-17-6-3-7-21-12-17;1-13-5-2-9-17(18(13)20)19(23)22-14-6-3-7-15(11-14)24-16-8-4-10-21-12-16;1-13-4-2-5-14(8-13)19(23)22-16-9-15(20)10-18(11-16)24-17-6-3-7-21-12-17/h1,3-13H,(H,26,27);1,3-9,11-13H,(H,24,25);3*2-12H,1H3,(H,22,23). The van der Waals surface area contributed by atoms with E-state index in [1.807, 2.05) is 80.6 Å². The normalized spacial score (nSPS) is 10.2. The van der Waals surface area contributed by atoms with E-state index in [4.69, 9.17) is 48.1 Å². The lowest BCUT2D eigenvalue weighted by molar-refractivity contribution is -0.137. The van der Waals surface area contributed by atoms with Crippen molar-refractivity contribution in [3.63, 3.8) is 0 Å². The molecule has 0 spiro atoms. The number of carbonyl (C=O) groups excluding carboxylic acids is 5. The number of pyridine rings is 4. The number of alkyl halides is 3. The van der Waals surface area contributed by atoms with Crippen molar-refractivity contribution in [2.24, 2.45) is 0 Å². The number of aromatic nitrogens is 6. The third-order valence-electron chi connectivity index (χ3n) is 17.0. The van der Waals surface area contributed by atoms with E-state index in [1.54, 1.807) is 208 Å². The van der Waals surface area contributed by atoms with Crippen LogP contribution in [0.1, 0.15) is 90.7 Å². The molecule has 5 heterocycles. The van der Waals surface area contributed by atoms with Crippen LogP contribution in [-0.4, -0.2) is 59.4 Å². The number of anilines is 5. The Balaban J connectivity index is 0.000000153. The number of carbonyl (C=O) groups is 5. The van der Waals surface area contributed by atoms with Crippen LogP contribution < -0.4 is 50.3 Å². The van der Waals surface area contributed by atoms with Gasteiger partial charge in [0, 0.05) is 126 Å². The number of terminal acetylenes is 2. The molecule has 22 nitrogen and oxygen atoms in total. The fourth-order valence-electron chi connectivity index (χ4n) is 11.3. The molecule has 0 unspecified atom stereocenters. The van der Waals surface area contributed by atoms with Crippen LogP contribution in [0, 0.1) is 66.2 Å². The van der Waals surface area contributed by atoms with Gasteiger partial charge in [0.2, 0.25) is 0 Å². The maximum absolute atomic E-state index is 14.0. The Morgan fingerprint density at radius 3 is 1.21 bits per heavy atom. The van der Waals surface area contributed by atoms with Crippen LogP contribution in [0.5, 0.6) is 57.5 Å². The van der Waals surface area contributed by atoms with E-state index in [9.17, 15) is 46.8 Å². The number of hydrogen-bond acceptors (Lipinski definition) is 17. The minimum Gasteiger partial charge on any atom is -0.456 e. The molecule has 0 aliphatic carbocycles. The number of benzene rings is 10. The lowest BCUT2D eigenvalue weighted by Gasteiger charge is -2.14. The summed E-state index contributed by atoms with van der Waals surface area (Å²) in [6, 6.07) is 73.7. The second-order valence-electron chi connectivity index (χ2n) is 26.7. The number of rotatable bonds is 20. The third kappa shape index (κ3) is 28.4. The Morgan fingerprint density at radius 2 is 0.754 bits per heavy atom. The summed E-state index contributed by atoms with van der Waals surface area (Å²) in [6.07, 6.45) is 23.1. The van der Waals surface area contributed by atoms with Crippen molar-refractivity contribution >= 4 is 92.2 Å². The summed E-state index contributed by atoms with van der Waals surface area (Å²) in [7, 11) is 0. The van der Waals surface area contributed by atoms with E-state index in [-0.39, 0.29) is 46.0 Å². The molecular formula is C98H70ClF4IN12O10. The first-order chi connectivity index (χ1) is 60.8. The molecule has 0 fully saturated rings. The fraction of sp³-hybridized carbons (Fsp3) is 0.0408. The highest BCUT2D eigenvalue weighted by Crippen LogP contribution is 2.37. The average Bonchev–Trinajstić information content (AvgIpc) is 0.817. The molecule has 5 aromatic heterocycles. The van der Waals surface area contributed by atoms with Gasteiger partial charge in [-0.1, -0.05) is 89.2 Å². The van der Waals surface area contributed by atoms with Crippen molar-refractivity contribution in [1.82, 2.24) is 29.9 Å². The van der Waals surface area contributed by atoms with Crippen molar-refractivity contribution < 1.29 is 65.2 Å². The first-order valence-electron chi connectivity index (χ1n) is 37.7. The fourth-order valence-corrected chi connectivity index (χ4v) is 12.1. The topological polar surface area (TPSA) is 293 Å². The summed E-state index contributed by atoms with van der Waals surface area (Å²) in [6.45, 7) is 5.52. The number of aryl methyl sites for hydroxylation is 3. The Labute approximate surface area is 739 Å². The summed E-state index contributed by atoms with van der Waals surface area (Å²) < 4.78 is 83.0. The average molecular weight is 1810 g/mol.